The first kappa shape index (κ1) is 14.7. The molecule has 1 aromatic heterocycles. The van der Waals surface area contributed by atoms with Gasteiger partial charge in [-0.15, -0.1) is 0 Å². The lowest BCUT2D eigenvalue weighted by Gasteiger charge is -2.21. The molecule has 100 valence electrons. The summed E-state index contributed by atoms with van der Waals surface area (Å²) in [6, 6.07) is 1.46. The second-order valence-electron chi connectivity index (χ2n) is 3.60. The van der Waals surface area contributed by atoms with E-state index in [1.807, 2.05) is 0 Å². The Hall–Kier alpha value is -1.37. The molecule has 0 spiro atoms. The molecule has 1 heterocycles. The number of carbonyl (C=O) groups excluding carboxylic acids is 1. The number of aliphatic hydroxyl groups excluding tert-OH is 1. The highest BCUT2D eigenvalue weighted by Crippen LogP contribution is 2.17. The zero-order valence-electron chi connectivity index (χ0n) is 10.1. The highest BCUT2D eigenvalue weighted by Gasteiger charge is 2.16. The van der Waals surface area contributed by atoms with E-state index in [9.17, 15) is 4.79 Å². The maximum absolute atomic E-state index is 12.1. The van der Waals surface area contributed by atoms with Gasteiger partial charge >= 0.3 is 0 Å². The molecular weight excluding hydrogens is 258 g/mol. The lowest BCUT2D eigenvalue weighted by atomic mass is 10.2. The normalized spacial score (nSPS) is 10.4. The predicted octanol–water partition coefficient (Wildman–Crippen LogP) is 0.398. The largest absolute Gasteiger partial charge is 0.395 e. The average Bonchev–Trinajstić information content (AvgIpc) is 2.37. The SMILES string of the molecule is COCCN(CCO)C(=O)c1cnc(N)c(Cl)c1. The van der Waals surface area contributed by atoms with Crippen molar-refractivity contribution in [1.29, 1.82) is 0 Å². The number of nitrogens with zero attached hydrogens (tertiary/aromatic N) is 2. The fraction of sp³-hybridized carbons (Fsp3) is 0.455. The molecule has 0 aliphatic heterocycles. The number of halogens is 1. The summed E-state index contributed by atoms with van der Waals surface area (Å²) in [5.41, 5.74) is 5.81. The third-order valence-electron chi connectivity index (χ3n) is 2.34. The van der Waals surface area contributed by atoms with Crippen LogP contribution >= 0.6 is 11.6 Å². The first-order valence-corrected chi connectivity index (χ1v) is 5.78. The molecule has 1 amide bonds. The lowest BCUT2D eigenvalue weighted by Crippen LogP contribution is -2.36. The number of hydrogen-bond acceptors (Lipinski definition) is 5. The smallest absolute Gasteiger partial charge is 0.255 e. The molecule has 18 heavy (non-hydrogen) atoms. The van der Waals surface area contributed by atoms with Gasteiger partial charge in [0.15, 0.2) is 0 Å². The van der Waals surface area contributed by atoms with Crippen molar-refractivity contribution >= 4 is 23.3 Å². The Kier molecular flexibility index (Phi) is 5.84. The molecule has 0 bridgehead atoms. The zero-order valence-corrected chi connectivity index (χ0v) is 10.9. The number of ether oxygens (including phenoxy) is 1. The number of methoxy groups -OCH3 is 1. The van der Waals surface area contributed by atoms with E-state index in [1.165, 1.54) is 17.2 Å². The van der Waals surface area contributed by atoms with Crippen molar-refractivity contribution in [3.63, 3.8) is 0 Å². The van der Waals surface area contributed by atoms with E-state index in [0.717, 1.165) is 0 Å². The quantitative estimate of drug-likeness (QED) is 0.783. The van der Waals surface area contributed by atoms with Crippen molar-refractivity contribution < 1.29 is 14.6 Å². The van der Waals surface area contributed by atoms with Crippen molar-refractivity contribution in [3.8, 4) is 0 Å². The first-order valence-electron chi connectivity index (χ1n) is 5.40. The van der Waals surface area contributed by atoms with Gasteiger partial charge in [-0.1, -0.05) is 11.6 Å². The Bertz CT molecular complexity index is 415. The highest BCUT2D eigenvalue weighted by atomic mass is 35.5. The van der Waals surface area contributed by atoms with Gasteiger partial charge in [0.25, 0.3) is 5.91 Å². The molecule has 0 saturated heterocycles. The minimum Gasteiger partial charge on any atom is -0.395 e. The van der Waals surface area contributed by atoms with Crippen LogP contribution < -0.4 is 5.73 Å². The number of hydrogen-bond donors (Lipinski definition) is 2. The van der Waals surface area contributed by atoms with E-state index in [1.54, 1.807) is 7.11 Å². The van der Waals surface area contributed by atoms with E-state index >= 15 is 0 Å². The molecule has 3 N–H and O–H groups in total. The molecule has 0 saturated carbocycles. The molecule has 0 aromatic carbocycles. The Morgan fingerprint density at radius 2 is 2.33 bits per heavy atom. The standard InChI is InChI=1S/C11H16ClN3O3/c1-18-5-3-15(2-4-16)11(17)8-6-9(12)10(13)14-7-8/h6-7,16H,2-5H2,1H3,(H2,13,14). The van der Waals surface area contributed by atoms with Gasteiger partial charge in [-0.25, -0.2) is 4.98 Å². The average molecular weight is 274 g/mol. The van der Waals surface area contributed by atoms with Gasteiger partial charge in [0, 0.05) is 26.4 Å². The number of nitrogen functional groups attached to an aromatic ring is 1. The Labute approximate surface area is 110 Å². The summed E-state index contributed by atoms with van der Waals surface area (Å²) < 4.78 is 4.91. The van der Waals surface area contributed by atoms with Crippen molar-refractivity contribution in [2.45, 2.75) is 0 Å². The maximum Gasteiger partial charge on any atom is 0.255 e. The molecule has 1 aromatic rings. The molecule has 7 heteroatoms. The monoisotopic (exact) mass is 273 g/mol. The van der Waals surface area contributed by atoms with Crippen LogP contribution in [0.1, 0.15) is 10.4 Å². The minimum atomic E-state index is -0.268. The van der Waals surface area contributed by atoms with Crippen LogP contribution in [-0.2, 0) is 4.74 Å². The fourth-order valence-corrected chi connectivity index (χ4v) is 1.55. The van der Waals surface area contributed by atoms with Gasteiger partial charge in [-0.3, -0.25) is 4.79 Å². The third kappa shape index (κ3) is 3.83. The zero-order chi connectivity index (χ0) is 13.5. The van der Waals surface area contributed by atoms with Gasteiger partial charge in [-0.05, 0) is 6.07 Å². The number of amides is 1. The molecule has 0 radical (unpaired) electrons. The summed E-state index contributed by atoms with van der Waals surface area (Å²) in [4.78, 5) is 17.4. The molecular formula is C11H16ClN3O3. The van der Waals surface area contributed by atoms with Gasteiger partial charge < -0.3 is 20.5 Å². The van der Waals surface area contributed by atoms with E-state index in [-0.39, 0.29) is 29.9 Å². The van der Waals surface area contributed by atoms with E-state index < -0.39 is 0 Å². The van der Waals surface area contributed by atoms with Gasteiger partial charge in [0.2, 0.25) is 0 Å². The van der Waals surface area contributed by atoms with Crippen molar-refractivity contribution in [2.75, 3.05) is 39.1 Å². The van der Waals surface area contributed by atoms with Crippen molar-refractivity contribution in [3.05, 3.63) is 22.8 Å². The number of rotatable bonds is 6. The van der Waals surface area contributed by atoms with E-state index in [4.69, 9.17) is 27.2 Å². The molecule has 0 atom stereocenters. The van der Waals surface area contributed by atoms with Gasteiger partial charge in [0.1, 0.15) is 5.82 Å². The number of aliphatic hydroxyl groups is 1. The molecule has 0 unspecified atom stereocenters. The van der Waals surface area contributed by atoms with Crippen LogP contribution in [0.4, 0.5) is 5.82 Å². The predicted molar refractivity (Wildman–Crippen MR) is 68.5 cm³/mol. The van der Waals surface area contributed by atoms with E-state index in [2.05, 4.69) is 4.98 Å². The second kappa shape index (κ2) is 7.15. The first-order chi connectivity index (χ1) is 8.60. The highest BCUT2D eigenvalue weighted by molar-refractivity contribution is 6.33. The van der Waals surface area contributed by atoms with Crippen LogP contribution in [-0.4, -0.2) is 54.3 Å². The summed E-state index contributed by atoms with van der Waals surface area (Å²) in [7, 11) is 1.54. The summed E-state index contributed by atoms with van der Waals surface area (Å²) in [6.45, 7) is 0.884. The Morgan fingerprint density at radius 1 is 1.61 bits per heavy atom. The van der Waals surface area contributed by atoms with Crippen LogP contribution in [0.15, 0.2) is 12.3 Å². The van der Waals surface area contributed by atoms with E-state index in [0.29, 0.717) is 18.7 Å². The number of pyridine rings is 1. The van der Waals surface area contributed by atoms with Crippen molar-refractivity contribution in [1.82, 2.24) is 9.88 Å². The van der Waals surface area contributed by atoms with Crippen LogP contribution in [0.3, 0.4) is 0 Å². The lowest BCUT2D eigenvalue weighted by molar-refractivity contribution is 0.0656. The maximum atomic E-state index is 12.1. The molecule has 0 fully saturated rings. The van der Waals surface area contributed by atoms with Gasteiger partial charge in [0.05, 0.1) is 23.8 Å². The molecule has 6 nitrogen and oxygen atoms in total. The Morgan fingerprint density at radius 3 is 2.89 bits per heavy atom. The number of carbonyl (C=O) groups is 1. The Balaban J connectivity index is 2.83. The van der Waals surface area contributed by atoms with Crippen LogP contribution in [0.5, 0.6) is 0 Å². The number of anilines is 1. The van der Waals surface area contributed by atoms with Crippen LogP contribution in [0, 0.1) is 0 Å². The molecule has 1 rings (SSSR count). The molecule has 0 aliphatic carbocycles. The van der Waals surface area contributed by atoms with Crippen LogP contribution in [0.2, 0.25) is 5.02 Å². The summed E-state index contributed by atoms with van der Waals surface area (Å²) in [6.07, 6.45) is 1.36. The fourth-order valence-electron chi connectivity index (χ4n) is 1.39. The third-order valence-corrected chi connectivity index (χ3v) is 2.64. The topological polar surface area (TPSA) is 88.7 Å². The molecule has 0 aliphatic rings. The van der Waals surface area contributed by atoms with Gasteiger partial charge in [-0.2, -0.15) is 0 Å². The summed E-state index contributed by atoms with van der Waals surface area (Å²) in [5.74, 6) is -0.0886. The number of nitrogens with two attached hydrogens (primary N) is 1. The summed E-state index contributed by atoms with van der Waals surface area (Å²) in [5, 5.41) is 9.17. The minimum absolute atomic E-state index is 0.119. The van der Waals surface area contributed by atoms with Crippen LogP contribution in [0.25, 0.3) is 0 Å². The summed E-state index contributed by atoms with van der Waals surface area (Å²) >= 11 is 5.81. The second-order valence-corrected chi connectivity index (χ2v) is 4.01. The number of aromatic nitrogens is 1. The van der Waals surface area contributed by atoms with Crippen molar-refractivity contribution in [2.24, 2.45) is 0 Å².